The van der Waals surface area contributed by atoms with E-state index in [1.807, 2.05) is 6.92 Å². The van der Waals surface area contributed by atoms with Gasteiger partial charge in [-0.2, -0.15) is 0 Å². The van der Waals surface area contributed by atoms with Crippen LogP contribution in [0.1, 0.15) is 12.0 Å². The topological polar surface area (TPSA) is 92.5 Å². The van der Waals surface area contributed by atoms with Crippen molar-refractivity contribution in [2.24, 2.45) is 0 Å². The van der Waals surface area contributed by atoms with Gasteiger partial charge in [0.15, 0.2) is 0 Å². The second kappa shape index (κ2) is 5.96. The van der Waals surface area contributed by atoms with Crippen molar-refractivity contribution in [3.63, 3.8) is 0 Å². The Hall–Kier alpha value is -2.02. The van der Waals surface area contributed by atoms with Crippen LogP contribution in [0.2, 0.25) is 0 Å². The number of imide groups is 1. The second-order valence-electron chi connectivity index (χ2n) is 4.47. The zero-order valence-corrected chi connectivity index (χ0v) is 11.8. The van der Waals surface area contributed by atoms with E-state index >= 15 is 0 Å². The van der Waals surface area contributed by atoms with E-state index in [1.54, 1.807) is 18.2 Å². The minimum atomic E-state index is -0.414. The maximum Gasteiger partial charge on any atom is 0.288 e. The monoisotopic (exact) mass is 293 g/mol. The number of aryl methyl sites for hydroxylation is 1. The van der Waals surface area contributed by atoms with Gasteiger partial charge in [0.1, 0.15) is 6.54 Å². The molecule has 1 aliphatic heterocycles. The maximum absolute atomic E-state index is 11.9. The maximum atomic E-state index is 11.9. The van der Waals surface area contributed by atoms with Crippen LogP contribution < -0.4 is 11.1 Å². The highest BCUT2D eigenvalue weighted by Gasteiger charge is 2.28. The number of nitrogens with one attached hydrogen (secondary N) is 1. The summed E-state index contributed by atoms with van der Waals surface area (Å²) in [6.45, 7) is 1.57. The molecule has 20 heavy (non-hydrogen) atoms. The molecule has 1 saturated heterocycles. The first-order valence-corrected chi connectivity index (χ1v) is 7.09. The molecule has 0 aromatic heterocycles. The van der Waals surface area contributed by atoms with Crippen molar-refractivity contribution in [2.45, 2.75) is 13.3 Å². The number of hydrogen-bond acceptors (Lipinski definition) is 5. The van der Waals surface area contributed by atoms with Crippen LogP contribution in [0.3, 0.4) is 0 Å². The predicted octanol–water partition coefficient (Wildman–Crippen LogP) is 1.60. The highest BCUT2D eigenvalue weighted by Crippen LogP contribution is 2.20. The van der Waals surface area contributed by atoms with Crippen molar-refractivity contribution in [2.75, 3.05) is 23.3 Å². The van der Waals surface area contributed by atoms with Crippen molar-refractivity contribution < 1.29 is 14.4 Å². The molecule has 7 heteroatoms. The summed E-state index contributed by atoms with van der Waals surface area (Å²) in [5.41, 5.74) is 7.63. The number of amides is 3. The smallest absolute Gasteiger partial charge is 0.288 e. The molecule has 1 aromatic carbocycles. The van der Waals surface area contributed by atoms with Crippen molar-refractivity contribution in [1.29, 1.82) is 0 Å². The van der Waals surface area contributed by atoms with Crippen LogP contribution in [0, 0.1) is 6.92 Å². The molecule has 1 heterocycles. The molecule has 3 amide bonds. The summed E-state index contributed by atoms with van der Waals surface area (Å²) in [6, 6.07) is 5.17. The number of anilines is 2. The third-order valence-electron chi connectivity index (χ3n) is 2.90. The van der Waals surface area contributed by atoms with Gasteiger partial charge in [-0.15, -0.1) is 0 Å². The van der Waals surface area contributed by atoms with Gasteiger partial charge >= 0.3 is 0 Å². The lowest BCUT2D eigenvalue weighted by Crippen LogP contribution is -2.43. The molecule has 0 atom stereocenters. The van der Waals surface area contributed by atoms with Crippen LogP contribution in [0.4, 0.5) is 16.2 Å². The van der Waals surface area contributed by atoms with E-state index in [-0.39, 0.29) is 24.1 Å². The Morgan fingerprint density at radius 3 is 2.90 bits per heavy atom. The van der Waals surface area contributed by atoms with E-state index in [0.717, 1.165) is 22.2 Å². The average Bonchev–Trinajstić information content (AvgIpc) is 2.38. The molecule has 1 aromatic rings. The Bertz CT molecular complexity index is 558. The van der Waals surface area contributed by atoms with Crippen LogP contribution in [0.25, 0.3) is 0 Å². The zero-order valence-electron chi connectivity index (χ0n) is 11.0. The average molecular weight is 293 g/mol. The van der Waals surface area contributed by atoms with Crippen molar-refractivity contribution in [3.05, 3.63) is 23.8 Å². The fraction of sp³-hybridized carbons (Fsp3) is 0.308. The Kier molecular flexibility index (Phi) is 4.29. The Balaban J connectivity index is 2.03. The summed E-state index contributed by atoms with van der Waals surface area (Å²) in [7, 11) is 0. The van der Waals surface area contributed by atoms with Gasteiger partial charge in [0.05, 0.1) is 0 Å². The van der Waals surface area contributed by atoms with Crippen LogP contribution >= 0.6 is 11.8 Å². The van der Waals surface area contributed by atoms with Gasteiger partial charge in [-0.05, 0) is 24.6 Å². The fourth-order valence-electron chi connectivity index (χ4n) is 1.80. The number of thioether (sulfide) groups is 1. The van der Waals surface area contributed by atoms with E-state index in [4.69, 9.17) is 5.73 Å². The normalized spacial score (nSPS) is 15.3. The number of hydrogen-bond donors (Lipinski definition) is 2. The highest BCUT2D eigenvalue weighted by atomic mass is 32.2. The molecule has 106 valence electrons. The third-order valence-corrected chi connectivity index (χ3v) is 3.78. The quantitative estimate of drug-likeness (QED) is 0.826. The van der Waals surface area contributed by atoms with Crippen molar-refractivity contribution in [1.82, 2.24) is 4.90 Å². The standard InChI is InChI=1S/C13H15N3O3S/c1-8-2-3-9(14)6-10(8)15-11(17)7-16-12(18)4-5-20-13(16)19/h2-3,6H,4-5,7,14H2,1H3,(H,15,17). The van der Waals surface area contributed by atoms with Gasteiger partial charge in [-0.3, -0.25) is 19.3 Å². The zero-order chi connectivity index (χ0) is 14.7. The van der Waals surface area contributed by atoms with Crippen LogP contribution in [-0.4, -0.2) is 34.3 Å². The molecule has 0 aliphatic carbocycles. The van der Waals surface area contributed by atoms with Crippen LogP contribution in [-0.2, 0) is 9.59 Å². The number of carbonyl (C=O) groups excluding carboxylic acids is 3. The molecule has 0 radical (unpaired) electrons. The molecule has 3 N–H and O–H groups in total. The fourth-order valence-corrected chi connectivity index (χ4v) is 2.57. The van der Waals surface area contributed by atoms with Gasteiger partial charge < -0.3 is 11.1 Å². The number of nitrogens with two attached hydrogens (primary N) is 1. The Morgan fingerprint density at radius 2 is 2.20 bits per heavy atom. The summed E-state index contributed by atoms with van der Waals surface area (Å²) in [4.78, 5) is 36.1. The Morgan fingerprint density at radius 1 is 1.45 bits per heavy atom. The van der Waals surface area contributed by atoms with Crippen LogP contribution in [0.15, 0.2) is 18.2 Å². The van der Waals surface area contributed by atoms with Gasteiger partial charge in [0.2, 0.25) is 11.8 Å². The lowest BCUT2D eigenvalue weighted by molar-refractivity contribution is -0.131. The van der Waals surface area contributed by atoms with E-state index in [0.29, 0.717) is 17.1 Å². The number of nitrogen functional groups attached to an aromatic ring is 1. The van der Waals surface area contributed by atoms with Gasteiger partial charge in [0, 0.05) is 23.5 Å². The molecule has 0 spiro atoms. The molecule has 0 bridgehead atoms. The summed E-state index contributed by atoms with van der Waals surface area (Å²) in [5.74, 6) is -0.250. The molecular formula is C13H15N3O3S. The Labute approximate surface area is 120 Å². The summed E-state index contributed by atoms with van der Waals surface area (Å²) in [6.07, 6.45) is 0.279. The second-order valence-corrected chi connectivity index (χ2v) is 5.51. The van der Waals surface area contributed by atoms with Crippen molar-refractivity contribution in [3.8, 4) is 0 Å². The third kappa shape index (κ3) is 3.30. The van der Waals surface area contributed by atoms with Crippen LogP contribution in [0.5, 0.6) is 0 Å². The molecule has 0 unspecified atom stereocenters. The lowest BCUT2D eigenvalue weighted by atomic mass is 10.2. The summed E-state index contributed by atoms with van der Waals surface area (Å²) in [5, 5.41) is 2.29. The number of rotatable bonds is 3. The number of benzene rings is 1. The minimum absolute atomic E-state index is 0.265. The molecule has 1 aliphatic rings. The first-order chi connectivity index (χ1) is 9.47. The first-order valence-electron chi connectivity index (χ1n) is 6.10. The van der Waals surface area contributed by atoms with E-state index < -0.39 is 5.91 Å². The van der Waals surface area contributed by atoms with Gasteiger partial charge in [0.25, 0.3) is 5.24 Å². The summed E-state index contributed by atoms with van der Waals surface area (Å²) < 4.78 is 0. The van der Waals surface area contributed by atoms with E-state index in [1.165, 1.54) is 0 Å². The molecule has 6 nitrogen and oxygen atoms in total. The molecule has 1 fully saturated rings. The first kappa shape index (κ1) is 14.4. The lowest BCUT2D eigenvalue weighted by Gasteiger charge is -2.23. The molecule has 0 saturated carbocycles. The van der Waals surface area contributed by atoms with Gasteiger partial charge in [-0.1, -0.05) is 17.8 Å². The largest absolute Gasteiger partial charge is 0.399 e. The summed E-state index contributed by atoms with van der Waals surface area (Å²) >= 11 is 1.05. The predicted molar refractivity (Wildman–Crippen MR) is 78.4 cm³/mol. The van der Waals surface area contributed by atoms with Gasteiger partial charge in [-0.25, -0.2) is 0 Å². The highest BCUT2D eigenvalue weighted by molar-refractivity contribution is 8.13. The molecular weight excluding hydrogens is 278 g/mol. The minimum Gasteiger partial charge on any atom is -0.399 e. The van der Waals surface area contributed by atoms with E-state index in [2.05, 4.69) is 5.32 Å². The van der Waals surface area contributed by atoms with E-state index in [9.17, 15) is 14.4 Å². The van der Waals surface area contributed by atoms with Crippen molar-refractivity contribution >= 4 is 40.2 Å². The number of nitrogens with zero attached hydrogens (tertiary/aromatic N) is 1. The SMILES string of the molecule is Cc1ccc(N)cc1NC(=O)CN1C(=O)CCSC1=O. The molecule has 2 rings (SSSR count). The number of carbonyl (C=O) groups is 3.